The fraction of sp³-hybridized carbons (Fsp3) is 0. The van der Waals surface area contributed by atoms with E-state index in [0.29, 0.717) is 17.6 Å². The molecule has 0 unspecified atom stereocenters. The molecular weight excluding hydrogens is 827 g/mol. The van der Waals surface area contributed by atoms with Gasteiger partial charge in [-0.2, -0.15) is 9.97 Å². The van der Waals surface area contributed by atoms with Gasteiger partial charge in [0.1, 0.15) is 0 Å². The van der Waals surface area contributed by atoms with Crippen LogP contribution in [0.5, 0.6) is 0 Å². The normalized spacial score (nSPS) is 11.5. The van der Waals surface area contributed by atoms with Gasteiger partial charge in [0.25, 0.3) is 0 Å². The van der Waals surface area contributed by atoms with E-state index >= 15 is 0 Å². The van der Waals surface area contributed by atoms with E-state index in [1.54, 1.807) is 0 Å². The standard InChI is InChI=1S/C63H41N5/c1-5-18-42(19-6-1)43-32-34-44(35-33-43)45-36-38-49(39-37-45)62-64-61(48-24-11-4-12-25-48)65-63(66-62)68-55-30-15-13-26-52(55)53-40-41-57-58(60(53)68)54-27-14-16-31-56(54)67(57)59-50(46-20-7-2-8-21-46)28-17-29-51(59)47-22-9-3-10-23-47/h1-41H. The lowest BCUT2D eigenvalue weighted by Gasteiger charge is -2.19. The number of aromatic nitrogens is 5. The van der Waals surface area contributed by atoms with Crippen LogP contribution in [0.25, 0.3) is 123 Å². The Bertz CT molecular complexity index is 3910. The largest absolute Gasteiger partial charge is 0.308 e. The second kappa shape index (κ2) is 16.4. The molecule has 13 aromatic rings. The third kappa shape index (κ3) is 6.59. The van der Waals surface area contributed by atoms with Gasteiger partial charge in [-0.15, -0.1) is 0 Å². The van der Waals surface area contributed by atoms with Crippen molar-refractivity contribution in [2.45, 2.75) is 0 Å². The van der Waals surface area contributed by atoms with Crippen LogP contribution in [0.3, 0.4) is 0 Å². The van der Waals surface area contributed by atoms with Gasteiger partial charge in [-0.25, -0.2) is 4.98 Å². The van der Waals surface area contributed by atoms with E-state index in [1.165, 1.54) is 11.1 Å². The van der Waals surface area contributed by atoms with Crippen LogP contribution in [0.15, 0.2) is 249 Å². The minimum atomic E-state index is 0.555. The van der Waals surface area contributed by atoms with Gasteiger partial charge < -0.3 is 4.57 Å². The molecule has 3 heterocycles. The van der Waals surface area contributed by atoms with E-state index in [9.17, 15) is 0 Å². The molecule has 0 amide bonds. The highest BCUT2D eigenvalue weighted by Crippen LogP contribution is 2.45. The van der Waals surface area contributed by atoms with Crippen molar-refractivity contribution in [2.24, 2.45) is 0 Å². The van der Waals surface area contributed by atoms with Crippen LogP contribution in [0.4, 0.5) is 0 Å². The minimum absolute atomic E-state index is 0.555. The van der Waals surface area contributed by atoms with Crippen molar-refractivity contribution in [3.8, 4) is 78.9 Å². The van der Waals surface area contributed by atoms with Gasteiger partial charge in [0, 0.05) is 43.8 Å². The van der Waals surface area contributed by atoms with E-state index in [2.05, 4.69) is 234 Å². The number of rotatable bonds is 8. The van der Waals surface area contributed by atoms with Crippen LogP contribution in [0.1, 0.15) is 0 Å². The summed E-state index contributed by atoms with van der Waals surface area (Å²) in [7, 11) is 0. The van der Waals surface area contributed by atoms with Crippen molar-refractivity contribution < 1.29 is 0 Å². The molecule has 3 aromatic heterocycles. The molecule has 0 aliphatic rings. The maximum Gasteiger partial charge on any atom is 0.238 e. The Morgan fingerprint density at radius 1 is 0.250 bits per heavy atom. The summed E-state index contributed by atoms with van der Waals surface area (Å²) in [6.45, 7) is 0. The molecule has 0 N–H and O–H groups in total. The quantitative estimate of drug-likeness (QED) is 0.153. The third-order valence-corrected chi connectivity index (χ3v) is 13.2. The number of para-hydroxylation sites is 3. The molecule has 0 saturated carbocycles. The van der Waals surface area contributed by atoms with E-state index in [1.807, 2.05) is 24.3 Å². The first-order chi connectivity index (χ1) is 33.7. The molecule has 0 radical (unpaired) electrons. The lowest BCUT2D eigenvalue weighted by molar-refractivity contribution is 0.955. The molecular formula is C63H41N5. The lowest BCUT2D eigenvalue weighted by Crippen LogP contribution is -2.06. The number of benzene rings is 10. The van der Waals surface area contributed by atoms with Gasteiger partial charge in [-0.1, -0.05) is 231 Å². The van der Waals surface area contributed by atoms with Gasteiger partial charge >= 0.3 is 0 Å². The van der Waals surface area contributed by atoms with Gasteiger partial charge in [-0.3, -0.25) is 4.57 Å². The summed E-state index contributed by atoms with van der Waals surface area (Å²) in [5, 5.41) is 4.52. The van der Waals surface area contributed by atoms with Crippen molar-refractivity contribution in [1.82, 2.24) is 24.1 Å². The minimum Gasteiger partial charge on any atom is -0.308 e. The Labute approximate surface area is 393 Å². The van der Waals surface area contributed by atoms with Crippen LogP contribution < -0.4 is 0 Å². The molecule has 0 atom stereocenters. The molecule has 13 rings (SSSR count). The Morgan fingerprint density at radius 2 is 0.662 bits per heavy atom. The average molecular weight is 868 g/mol. The van der Waals surface area contributed by atoms with Gasteiger partial charge in [0.15, 0.2) is 11.6 Å². The van der Waals surface area contributed by atoms with Crippen LogP contribution >= 0.6 is 0 Å². The number of hydrogen-bond acceptors (Lipinski definition) is 3. The van der Waals surface area contributed by atoms with E-state index < -0.39 is 0 Å². The summed E-state index contributed by atoms with van der Waals surface area (Å²) >= 11 is 0. The maximum absolute atomic E-state index is 5.41. The van der Waals surface area contributed by atoms with Gasteiger partial charge in [0.05, 0.1) is 27.8 Å². The highest BCUT2D eigenvalue weighted by atomic mass is 15.2. The zero-order valence-corrected chi connectivity index (χ0v) is 36.9. The first-order valence-corrected chi connectivity index (χ1v) is 23.0. The van der Waals surface area contributed by atoms with Crippen LogP contribution in [-0.4, -0.2) is 24.1 Å². The fourth-order valence-electron chi connectivity index (χ4n) is 10.1. The molecule has 0 aliphatic heterocycles. The summed E-state index contributed by atoms with van der Waals surface area (Å²) < 4.78 is 4.74. The number of hydrogen-bond donors (Lipinski definition) is 0. The van der Waals surface area contributed by atoms with Crippen LogP contribution in [0.2, 0.25) is 0 Å². The molecule has 0 saturated heterocycles. The Kier molecular flexibility index (Phi) is 9.43. The molecule has 0 aliphatic carbocycles. The molecule has 68 heavy (non-hydrogen) atoms. The predicted octanol–water partition coefficient (Wildman–Crippen LogP) is 16.1. The highest BCUT2D eigenvalue weighted by molar-refractivity contribution is 6.26. The van der Waals surface area contributed by atoms with E-state index in [0.717, 1.165) is 93.8 Å². The third-order valence-electron chi connectivity index (χ3n) is 13.2. The Morgan fingerprint density at radius 3 is 1.21 bits per heavy atom. The predicted molar refractivity (Wildman–Crippen MR) is 281 cm³/mol. The number of nitrogens with zero attached hydrogens (tertiary/aromatic N) is 5. The second-order valence-corrected chi connectivity index (χ2v) is 17.2. The summed E-state index contributed by atoms with van der Waals surface area (Å²) in [4.78, 5) is 16.0. The van der Waals surface area contributed by atoms with Crippen molar-refractivity contribution >= 4 is 43.6 Å². The molecule has 10 aromatic carbocycles. The SMILES string of the molecule is c1ccc(-c2ccc(-c3ccc(-c4nc(-c5ccccc5)nc(-n5c6ccccc6c6ccc7c(c8ccccc8n7-c7c(-c8ccccc8)cccc7-c7ccccc7)c65)n4)cc3)cc2)cc1. The molecule has 0 fully saturated rings. The lowest BCUT2D eigenvalue weighted by atomic mass is 9.95. The van der Waals surface area contributed by atoms with Crippen molar-refractivity contribution in [3.63, 3.8) is 0 Å². The summed E-state index contributed by atoms with van der Waals surface area (Å²) in [6, 6.07) is 88.2. The molecule has 318 valence electrons. The van der Waals surface area contributed by atoms with E-state index in [-0.39, 0.29) is 0 Å². The highest BCUT2D eigenvalue weighted by Gasteiger charge is 2.25. The molecule has 0 bridgehead atoms. The Balaban J connectivity index is 1.05. The number of fused-ring (bicyclic) bond motifs is 7. The smallest absolute Gasteiger partial charge is 0.238 e. The van der Waals surface area contributed by atoms with Crippen LogP contribution in [0, 0.1) is 0 Å². The van der Waals surface area contributed by atoms with Crippen molar-refractivity contribution in [1.29, 1.82) is 0 Å². The first-order valence-electron chi connectivity index (χ1n) is 23.0. The first kappa shape index (κ1) is 39.2. The van der Waals surface area contributed by atoms with Crippen LogP contribution in [-0.2, 0) is 0 Å². The van der Waals surface area contributed by atoms with Gasteiger partial charge in [0.2, 0.25) is 5.95 Å². The monoisotopic (exact) mass is 867 g/mol. The summed E-state index contributed by atoms with van der Waals surface area (Å²) in [6.07, 6.45) is 0. The maximum atomic E-state index is 5.41. The molecule has 5 heteroatoms. The molecule has 5 nitrogen and oxygen atoms in total. The topological polar surface area (TPSA) is 48.5 Å². The summed E-state index contributed by atoms with van der Waals surface area (Å²) in [5.74, 6) is 1.76. The average Bonchev–Trinajstić information content (AvgIpc) is 3.94. The Hall–Kier alpha value is -9.19. The van der Waals surface area contributed by atoms with Crippen molar-refractivity contribution in [2.75, 3.05) is 0 Å². The zero-order valence-electron chi connectivity index (χ0n) is 36.9. The molecule has 0 spiro atoms. The van der Waals surface area contributed by atoms with E-state index in [4.69, 9.17) is 15.0 Å². The summed E-state index contributed by atoms with van der Waals surface area (Å²) in [5.41, 5.74) is 16.5. The fourth-order valence-corrected chi connectivity index (χ4v) is 10.1. The zero-order chi connectivity index (χ0) is 45.0. The second-order valence-electron chi connectivity index (χ2n) is 17.2. The van der Waals surface area contributed by atoms with Gasteiger partial charge in [-0.05, 0) is 51.6 Å². The van der Waals surface area contributed by atoms with Crippen molar-refractivity contribution in [3.05, 3.63) is 249 Å².